The van der Waals surface area contributed by atoms with Crippen LogP contribution in [0.3, 0.4) is 0 Å². The Morgan fingerprint density at radius 3 is 2.54 bits per heavy atom. The van der Waals surface area contributed by atoms with Gasteiger partial charge in [-0.3, -0.25) is 4.72 Å². The van der Waals surface area contributed by atoms with E-state index in [1.54, 1.807) is 6.07 Å². The maximum absolute atomic E-state index is 10.6. The average Bonchev–Trinajstić information content (AvgIpc) is 1.94. The van der Waals surface area contributed by atoms with Gasteiger partial charge in [0.15, 0.2) is 0 Å². The third kappa shape index (κ3) is 3.51. The summed E-state index contributed by atoms with van der Waals surface area (Å²) in [5.41, 5.74) is 0.360. The van der Waals surface area contributed by atoms with E-state index in [0.717, 1.165) is 0 Å². The van der Waals surface area contributed by atoms with E-state index in [2.05, 4.69) is 20.7 Å². The smallest absolute Gasteiger partial charge is 0.271 e. The summed E-state index contributed by atoms with van der Waals surface area (Å²) in [4.78, 5) is 0. The highest BCUT2D eigenvalue weighted by Crippen LogP contribution is 2.25. The Bertz CT molecular complexity index is 421. The summed E-state index contributed by atoms with van der Waals surface area (Å²) in [7, 11) is -3.72. The van der Waals surface area contributed by atoms with Crippen LogP contribution in [0.4, 0.5) is 5.69 Å². The molecule has 72 valence electrons. The topological polar surface area (TPSA) is 72.2 Å². The van der Waals surface area contributed by atoms with Crippen LogP contribution >= 0.6 is 27.5 Å². The number of nitrogens with one attached hydrogen (secondary N) is 1. The molecular weight excluding hydrogens is 280 g/mol. The predicted molar refractivity (Wildman–Crippen MR) is 55.9 cm³/mol. The quantitative estimate of drug-likeness (QED) is 0.868. The molecule has 4 nitrogen and oxygen atoms in total. The number of rotatable bonds is 2. The number of benzene rings is 1. The molecule has 0 aliphatic carbocycles. The zero-order valence-electron chi connectivity index (χ0n) is 6.29. The van der Waals surface area contributed by atoms with E-state index in [1.165, 1.54) is 12.1 Å². The highest BCUT2D eigenvalue weighted by Gasteiger charge is 2.03. The maximum Gasteiger partial charge on any atom is 0.296 e. The van der Waals surface area contributed by atoms with Crippen molar-refractivity contribution < 1.29 is 8.42 Å². The van der Waals surface area contributed by atoms with Crippen LogP contribution in [-0.4, -0.2) is 8.42 Å². The van der Waals surface area contributed by atoms with Crippen molar-refractivity contribution >= 4 is 43.4 Å². The van der Waals surface area contributed by atoms with Crippen molar-refractivity contribution in [2.24, 2.45) is 5.14 Å². The van der Waals surface area contributed by atoms with Crippen molar-refractivity contribution in [2.45, 2.75) is 0 Å². The minimum Gasteiger partial charge on any atom is -0.271 e. The van der Waals surface area contributed by atoms with Crippen molar-refractivity contribution in [3.63, 3.8) is 0 Å². The van der Waals surface area contributed by atoms with E-state index in [9.17, 15) is 8.42 Å². The Morgan fingerprint density at radius 2 is 2.08 bits per heavy atom. The first-order valence-corrected chi connectivity index (χ1v) is 5.86. The number of halogens is 2. The molecule has 0 aromatic heterocycles. The third-order valence-electron chi connectivity index (χ3n) is 1.18. The Morgan fingerprint density at radius 1 is 1.46 bits per heavy atom. The summed E-state index contributed by atoms with van der Waals surface area (Å²) < 4.78 is 23.9. The normalized spacial score (nSPS) is 11.3. The molecule has 0 heterocycles. The minimum atomic E-state index is -3.72. The number of anilines is 1. The zero-order chi connectivity index (χ0) is 10.1. The van der Waals surface area contributed by atoms with Gasteiger partial charge in [-0.2, -0.15) is 8.42 Å². The largest absolute Gasteiger partial charge is 0.296 e. The molecule has 0 amide bonds. The molecule has 1 rings (SSSR count). The van der Waals surface area contributed by atoms with Gasteiger partial charge in [0.2, 0.25) is 0 Å². The fourth-order valence-electron chi connectivity index (χ4n) is 0.724. The molecule has 7 heteroatoms. The van der Waals surface area contributed by atoms with Gasteiger partial charge in [0.05, 0.1) is 10.7 Å². The summed E-state index contributed by atoms with van der Waals surface area (Å²) in [6.45, 7) is 0. The second-order valence-electron chi connectivity index (χ2n) is 2.28. The number of hydrogen-bond acceptors (Lipinski definition) is 2. The molecule has 0 atom stereocenters. The molecule has 13 heavy (non-hydrogen) atoms. The minimum absolute atomic E-state index is 0.360. The molecule has 0 spiro atoms. The second-order valence-corrected chi connectivity index (χ2v) is 4.83. The van der Waals surface area contributed by atoms with Crippen molar-refractivity contribution in [1.82, 2.24) is 0 Å². The molecule has 0 saturated carbocycles. The van der Waals surface area contributed by atoms with Gasteiger partial charge in [0.1, 0.15) is 0 Å². The van der Waals surface area contributed by atoms with E-state index in [-0.39, 0.29) is 0 Å². The molecule has 0 aliphatic rings. The molecule has 0 unspecified atom stereocenters. The molecule has 0 aliphatic heterocycles. The van der Waals surface area contributed by atoms with Crippen LogP contribution in [0.2, 0.25) is 5.02 Å². The number of nitrogens with two attached hydrogens (primary N) is 1. The molecule has 1 aromatic carbocycles. The van der Waals surface area contributed by atoms with E-state index in [1.807, 2.05) is 0 Å². The lowest BCUT2D eigenvalue weighted by Gasteiger charge is -2.03. The first-order valence-electron chi connectivity index (χ1n) is 3.14. The highest BCUT2D eigenvalue weighted by molar-refractivity contribution is 9.10. The molecule has 0 saturated heterocycles. The SMILES string of the molecule is NS(=O)(=O)Nc1ccc(Cl)c(Br)c1. The zero-order valence-corrected chi connectivity index (χ0v) is 9.45. The molecule has 0 fully saturated rings. The summed E-state index contributed by atoms with van der Waals surface area (Å²) in [6, 6.07) is 4.59. The van der Waals surface area contributed by atoms with E-state index in [4.69, 9.17) is 16.7 Å². The summed E-state index contributed by atoms with van der Waals surface area (Å²) in [6.07, 6.45) is 0. The van der Waals surface area contributed by atoms with Crippen LogP contribution in [0, 0.1) is 0 Å². The lowest BCUT2D eigenvalue weighted by Crippen LogP contribution is -2.21. The second kappa shape index (κ2) is 3.83. The van der Waals surface area contributed by atoms with Gasteiger partial charge in [-0.15, -0.1) is 0 Å². The molecule has 3 N–H and O–H groups in total. The monoisotopic (exact) mass is 284 g/mol. The molecule has 0 radical (unpaired) electrons. The van der Waals surface area contributed by atoms with Crippen molar-refractivity contribution in [1.29, 1.82) is 0 Å². The Kier molecular flexibility index (Phi) is 3.18. The van der Waals surface area contributed by atoms with Gasteiger partial charge < -0.3 is 0 Å². The van der Waals surface area contributed by atoms with Crippen molar-refractivity contribution in [2.75, 3.05) is 4.72 Å². The molecule has 0 bridgehead atoms. The highest BCUT2D eigenvalue weighted by atomic mass is 79.9. The third-order valence-corrected chi connectivity index (χ3v) is 2.91. The van der Waals surface area contributed by atoms with E-state index in [0.29, 0.717) is 15.2 Å². The Balaban J connectivity index is 2.99. The van der Waals surface area contributed by atoms with Crippen LogP contribution < -0.4 is 9.86 Å². The first kappa shape index (κ1) is 10.8. The van der Waals surface area contributed by atoms with E-state index < -0.39 is 10.2 Å². The van der Waals surface area contributed by atoms with Crippen molar-refractivity contribution in [3.8, 4) is 0 Å². The van der Waals surface area contributed by atoms with Crippen LogP contribution in [-0.2, 0) is 10.2 Å². The van der Waals surface area contributed by atoms with Gasteiger partial charge in [0, 0.05) is 4.47 Å². The van der Waals surface area contributed by atoms with Gasteiger partial charge in [0.25, 0.3) is 10.2 Å². The Hall–Kier alpha value is -0.300. The molecular formula is C6H6BrClN2O2S. The summed E-state index contributed by atoms with van der Waals surface area (Å²) >= 11 is 8.84. The Labute approximate surface area is 89.4 Å². The van der Waals surface area contributed by atoms with Crippen LogP contribution in [0.15, 0.2) is 22.7 Å². The number of hydrogen-bond donors (Lipinski definition) is 2. The van der Waals surface area contributed by atoms with Crippen molar-refractivity contribution in [3.05, 3.63) is 27.7 Å². The summed E-state index contributed by atoms with van der Waals surface area (Å²) in [5.74, 6) is 0. The lowest BCUT2D eigenvalue weighted by atomic mass is 10.3. The predicted octanol–water partition coefficient (Wildman–Crippen LogP) is 1.72. The van der Waals surface area contributed by atoms with Crippen LogP contribution in [0.1, 0.15) is 0 Å². The lowest BCUT2D eigenvalue weighted by molar-refractivity contribution is 0.603. The van der Waals surface area contributed by atoms with Crippen LogP contribution in [0.5, 0.6) is 0 Å². The van der Waals surface area contributed by atoms with Gasteiger partial charge in [-0.05, 0) is 34.1 Å². The maximum atomic E-state index is 10.6. The standard InChI is InChI=1S/C6H6BrClN2O2S/c7-5-3-4(1-2-6(5)8)10-13(9,11)12/h1-3,10H,(H2,9,11,12). The van der Waals surface area contributed by atoms with Gasteiger partial charge in [-0.1, -0.05) is 11.6 Å². The van der Waals surface area contributed by atoms with E-state index >= 15 is 0 Å². The molecule has 1 aromatic rings. The average molecular weight is 286 g/mol. The van der Waals surface area contributed by atoms with Crippen LogP contribution in [0.25, 0.3) is 0 Å². The first-order chi connectivity index (χ1) is 5.88. The van der Waals surface area contributed by atoms with Gasteiger partial charge in [-0.25, -0.2) is 5.14 Å². The van der Waals surface area contributed by atoms with Gasteiger partial charge >= 0.3 is 0 Å². The fraction of sp³-hybridized carbons (Fsp3) is 0. The summed E-state index contributed by atoms with van der Waals surface area (Å²) in [5, 5.41) is 5.27. The fourth-order valence-corrected chi connectivity index (χ4v) is 1.68.